The lowest BCUT2D eigenvalue weighted by atomic mass is 9.75. The summed E-state index contributed by atoms with van der Waals surface area (Å²) in [7, 11) is 3.57. The van der Waals surface area contributed by atoms with E-state index in [1.54, 1.807) is 19.0 Å². The molecule has 1 fully saturated rings. The van der Waals surface area contributed by atoms with Gasteiger partial charge in [-0.05, 0) is 42.9 Å². The molecule has 1 amide bonds. The van der Waals surface area contributed by atoms with Gasteiger partial charge in [0.2, 0.25) is 0 Å². The number of hydrogen-bond acceptors (Lipinski definition) is 2. The van der Waals surface area contributed by atoms with E-state index in [2.05, 4.69) is 19.2 Å². The van der Waals surface area contributed by atoms with E-state index >= 15 is 0 Å². The van der Waals surface area contributed by atoms with E-state index < -0.39 is 0 Å². The molecule has 1 atom stereocenters. The molecule has 1 unspecified atom stereocenters. The standard InChI is InChI=1S/C17H26N2O/c1-17(2)10-6-9-15(12-17)18-14-8-5-7-13(11-14)16(20)19(3)4/h5,7-8,11,15,18H,6,9-10,12H2,1-4H3. The Balaban J connectivity index is 2.06. The van der Waals surface area contributed by atoms with E-state index in [0.29, 0.717) is 11.5 Å². The molecule has 0 radical (unpaired) electrons. The first kappa shape index (κ1) is 14.9. The molecule has 1 aromatic rings. The van der Waals surface area contributed by atoms with Crippen LogP contribution >= 0.6 is 0 Å². The number of benzene rings is 1. The molecule has 0 spiro atoms. The summed E-state index contributed by atoms with van der Waals surface area (Å²) in [5.41, 5.74) is 2.22. The van der Waals surface area contributed by atoms with Crippen molar-refractivity contribution < 1.29 is 4.79 Å². The SMILES string of the molecule is CN(C)C(=O)c1cccc(NC2CCCC(C)(C)C2)c1. The van der Waals surface area contributed by atoms with Gasteiger partial charge in [0.1, 0.15) is 0 Å². The Bertz CT molecular complexity index is 480. The van der Waals surface area contributed by atoms with Crippen LogP contribution in [0.2, 0.25) is 0 Å². The van der Waals surface area contributed by atoms with Crippen LogP contribution in [-0.4, -0.2) is 30.9 Å². The van der Waals surface area contributed by atoms with Crippen LogP contribution < -0.4 is 5.32 Å². The molecular formula is C17H26N2O. The van der Waals surface area contributed by atoms with Crippen LogP contribution in [0, 0.1) is 5.41 Å². The summed E-state index contributed by atoms with van der Waals surface area (Å²) in [6.45, 7) is 4.68. The molecule has 0 bridgehead atoms. The maximum absolute atomic E-state index is 12.0. The molecule has 1 aliphatic rings. The fourth-order valence-corrected chi connectivity index (χ4v) is 3.06. The van der Waals surface area contributed by atoms with Crippen molar-refractivity contribution in [1.29, 1.82) is 0 Å². The van der Waals surface area contributed by atoms with Gasteiger partial charge in [0.15, 0.2) is 0 Å². The summed E-state index contributed by atoms with van der Waals surface area (Å²) in [6.07, 6.45) is 5.00. The highest BCUT2D eigenvalue weighted by Crippen LogP contribution is 2.36. The zero-order valence-electron chi connectivity index (χ0n) is 13.1. The Kier molecular flexibility index (Phi) is 4.36. The molecule has 0 saturated heterocycles. The summed E-state index contributed by atoms with van der Waals surface area (Å²) in [5, 5.41) is 3.60. The van der Waals surface area contributed by atoms with Crippen molar-refractivity contribution in [1.82, 2.24) is 4.90 Å². The first-order valence-electron chi connectivity index (χ1n) is 7.46. The second kappa shape index (κ2) is 5.86. The monoisotopic (exact) mass is 274 g/mol. The highest BCUT2D eigenvalue weighted by atomic mass is 16.2. The van der Waals surface area contributed by atoms with Gasteiger partial charge in [-0.15, -0.1) is 0 Å². The lowest BCUT2D eigenvalue weighted by Gasteiger charge is -2.36. The molecule has 1 N–H and O–H groups in total. The lowest BCUT2D eigenvalue weighted by Crippen LogP contribution is -2.31. The molecule has 1 aromatic carbocycles. The van der Waals surface area contributed by atoms with Crippen molar-refractivity contribution in [2.24, 2.45) is 5.41 Å². The number of nitrogens with zero attached hydrogens (tertiary/aromatic N) is 1. The van der Waals surface area contributed by atoms with Gasteiger partial charge >= 0.3 is 0 Å². The molecule has 1 aliphatic carbocycles. The minimum atomic E-state index is 0.0534. The van der Waals surface area contributed by atoms with Crippen molar-refractivity contribution >= 4 is 11.6 Å². The first-order chi connectivity index (χ1) is 9.37. The Morgan fingerprint density at radius 1 is 1.35 bits per heavy atom. The summed E-state index contributed by atoms with van der Waals surface area (Å²) >= 11 is 0. The predicted molar refractivity (Wildman–Crippen MR) is 84.1 cm³/mol. The maximum Gasteiger partial charge on any atom is 0.253 e. The van der Waals surface area contributed by atoms with Crippen LogP contribution in [0.3, 0.4) is 0 Å². The number of carbonyl (C=O) groups excluding carboxylic acids is 1. The van der Waals surface area contributed by atoms with Gasteiger partial charge in [-0.1, -0.05) is 26.3 Å². The Morgan fingerprint density at radius 2 is 2.10 bits per heavy atom. The van der Waals surface area contributed by atoms with E-state index in [-0.39, 0.29) is 5.91 Å². The molecule has 20 heavy (non-hydrogen) atoms. The van der Waals surface area contributed by atoms with Crippen LogP contribution in [0.25, 0.3) is 0 Å². The topological polar surface area (TPSA) is 32.3 Å². The summed E-state index contributed by atoms with van der Waals surface area (Å²) in [5.74, 6) is 0.0534. The average Bonchev–Trinajstić information content (AvgIpc) is 2.37. The Morgan fingerprint density at radius 3 is 2.75 bits per heavy atom. The minimum absolute atomic E-state index is 0.0534. The third-order valence-electron chi connectivity index (χ3n) is 4.09. The van der Waals surface area contributed by atoms with Crippen LogP contribution in [0.4, 0.5) is 5.69 Å². The van der Waals surface area contributed by atoms with Crippen molar-refractivity contribution in [2.45, 2.75) is 45.6 Å². The van der Waals surface area contributed by atoms with Gasteiger partial charge in [-0.3, -0.25) is 4.79 Å². The number of nitrogens with one attached hydrogen (secondary N) is 1. The fourth-order valence-electron chi connectivity index (χ4n) is 3.06. The predicted octanol–water partition coefficient (Wildman–Crippen LogP) is 3.77. The highest BCUT2D eigenvalue weighted by Gasteiger charge is 2.27. The van der Waals surface area contributed by atoms with Gasteiger partial charge in [-0.25, -0.2) is 0 Å². The van der Waals surface area contributed by atoms with E-state index in [1.165, 1.54) is 25.7 Å². The second-order valence-electron chi connectivity index (χ2n) is 6.88. The zero-order valence-corrected chi connectivity index (χ0v) is 13.1. The summed E-state index contributed by atoms with van der Waals surface area (Å²) in [6, 6.07) is 8.35. The highest BCUT2D eigenvalue weighted by molar-refractivity contribution is 5.94. The number of amides is 1. The number of carbonyl (C=O) groups is 1. The quantitative estimate of drug-likeness (QED) is 0.910. The molecule has 0 aliphatic heterocycles. The minimum Gasteiger partial charge on any atom is -0.382 e. The molecule has 2 rings (SSSR count). The van der Waals surface area contributed by atoms with Crippen LogP contribution in [0.1, 0.15) is 49.9 Å². The van der Waals surface area contributed by atoms with E-state index in [0.717, 1.165) is 11.3 Å². The average molecular weight is 274 g/mol. The maximum atomic E-state index is 12.0. The number of rotatable bonds is 3. The second-order valence-corrected chi connectivity index (χ2v) is 6.88. The lowest BCUT2D eigenvalue weighted by molar-refractivity contribution is 0.0827. The fraction of sp³-hybridized carbons (Fsp3) is 0.588. The smallest absolute Gasteiger partial charge is 0.253 e. The van der Waals surface area contributed by atoms with Gasteiger partial charge in [-0.2, -0.15) is 0 Å². The normalized spacial score (nSPS) is 21.3. The zero-order chi connectivity index (χ0) is 14.8. The van der Waals surface area contributed by atoms with Gasteiger partial charge in [0.05, 0.1) is 0 Å². The number of anilines is 1. The third kappa shape index (κ3) is 3.75. The molecular weight excluding hydrogens is 248 g/mol. The van der Waals surface area contributed by atoms with Crippen LogP contribution in [0.15, 0.2) is 24.3 Å². The first-order valence-corrected chi connectivity index (χ1v) is 7.46. The van der Waals surface area contributed by atoms with Crippen molar-refractivity contribution in [3.63, 3.8) is 0 Å². The van der Waals surface area contributed by atoms with Crippen molar-refractivity contribution in [3.8, 4) is 0 Å². The Labute approximate surface area is 122 Å². The molecule has 0 aromatic heterocycles. The van der Waals surface area contributed by atoms with Crippen molar-refractivity contribution in [3.05, 3.63) is 29.8 Å². The molecule has 1 saturated carbocycles. The van der Waals surface area contributed by atoms with Crippen LogP contribution in [0.5, 0.6) is 0 Å². The molecule has 0 heterocycles. The third-order valence-corrected chi connectivity index (χ3v) is 4.09. The summed E-state index contributed by atoms with van der Waals surface area (Å²) in [4.78, 5) is 13.6. The number of hydrogen-bond donors (Lipinski definition) is 1. The van der Waals surface area contributed by atoms with Gasteiger partial charge in [0.25, 0.3) is 5.91 Å². The van der Waals surface area contributed by atoms with Crippen LogP contribution in [-0.2, 0) is 0 Å². The molecule has 3 heteroatoms. The van der Waals surface area contributed by atoms with Gasteiger partial charge < -0.3 is 10.2 Å². The molecule has 3 nitrogen and oxygen atoms in total. The van der Waals surface area contributed by atoms with E-state index in [9.17, 15) is 4.79 Å². The van der Waals surface area contributed by atoms with E-state index in [4.69, 9.17) is 0 Å². The summed E-state index contributed by atoms with van der Waals surface area (Å²) < 4.78 is 0. The van der Waals surface area contributed by atoms with Crippen molar-refractivity contribution in [2.75, 3.05) is 19.4 Å². The Hall–Kier alpha value is -1.51. The largest absolute Gasteiger partial charge is 0.382 e. The molecule has 110 valence electrons. The van der Waals surface area contributed by atoms with Gasteiger partial charge in [0, 0.05) is 31.4 Å². The van der Waals surface area contributed by atoms with E-state index in [1.807, 2.05) is 24.3 Å².